The Morgan fingerprint density at radius 2 is 1.57 bits per heavy atom. The molecule has 3 aromatic carbocycles. The Bertz CT molecular complexity index is 1570. The Kier molecular flexibility index (Phi) is 10.3. The number of carbonyl (C=O) groups is 1. The lowest BCUT2D eigenvalue weighted by Crippen LogP contribution is -2.18. The van der Waals surface area contributed by atoms with E-state index in [2.05, 4.69) is 20.0 Å². The first-order valence-corrected chi connectivity index (χ1v) is 14.0. The van der Waals surface area contributed by atoms with Crippen molar-refractivity contribution in [2.24, 2.45) is 0 Å². The zero-order valence-corrected chi connectivity index (χ0v) is 23.2. The van der Waals surface area contributed by atoms with Crippen LogP contribution in [-0.2, 0) is 14.8 Å². The smallest absolute Gasteiger partial charge is 0.411 e. The summed E-state index contributed by atoms with van der Waals surface area (Å²) in [5, 5.41) is 11.5. The fourth-order valence-electron chi connectivity index (χ4n) is 3.45. The van der Waals surface area contributed by atoms with E-state index in [1.807, 2.05) is 6.07 Å². The predicted molar refractivity (Wildman–Crippen MR) is 152 cm³/mol. The minimum Gasteiger partial charge on any atom is -0.493 e. The van der Waals surface area contributed by atoms with E-state index in [1.54, 1.807) is 48.5 Å². The Morgan fingerprint density at radius 3 is 2.29 bits per heavy atom. The van der Waals surface area contributed by atoms with Crippen molar-refractivity contribution in [3.63, 3.8) is 0 Å². The fraction of sp³-hybridized carbons (Fsp3) is 0.179. The molecule has 0 atom stereocenters. The average Bonchev–Trinajstić information content (AvgIpc) is 3.00. The Morgan fingerprint density at radius 1 is 0.857 bits per heavy atom. The van der Waals surface area contributed by atoms with Crippen LogP contribution < -0.4 is 29.0 Å². The lowest BCUT2D eigenvalue weighted by atomic mass is 10.3. The number of amides is 1. The Labute approximate surface area is 242 Å². The highest BCUT2D eigenvalue weighted by atomic mass is 32.2. The van der Waals surface area contributed by atoms with Gasteiger partial charge in [-0.05, 0) is 48.5 Å². The van der Waals surface area contributed by atoms with Crippen molar-refractivity contribution in [2.45, 2.75) is 4.90 Å². The maximum Gasteiger partial charge on any atom is 0.411 e. The monoisotopic (exact) mass is 596 g/mol. The second kappa shape index (κ2) is 14.5. The summed E-state index contributed by atoms with van der Waals surface area (Å²) in [4.78, 5) is 20.1. The minimum absolute atomic E-state index is 0.0699. The molecule has 4 rings (SSSR count). The van der Waals surface area contributed by atoms with Gasteiger partial charge in [-0.25, -0.2) is 18.2 Å². The third-order valence-corrected chi connectivity index (χ3v) is 6.71. The maximum absolute atomic E-state index is 13.2. The van der Waals surface area contributed by atoms with Gasteiger partial charge in [0.2, 0.25) is 5.75 Å². The molecule has 0 spiro atoms. The second-order valence-electron chi connectivity index (χ2n) is 8.23. The van der Waals surface area contributed by atoms with E-state index in [1.165, 1.54) is 31.4 Å². The first-order valence-electron chi connectivity index (χ1n) is 12.5. The molecular formula is C28H28N4O9S. The lowest BCUT2D eigenvalue weighted by molar-refractivity contribution is 0.135. The summed E-state index contributed by atoms with van der Waals surface area (Å²) in [6.07, 6.45) is 0.413. The number of anilines is 2. The van der Waals surface area contributed by atoms with Gasteiger partial charge in [-0.3, -0.25) is 10.0 Å². The molecule has 13 nitrogen and oxygen atoms in total. The van der Waals surface area contributed by atoms with Gasteiger partial charge >= 0.3 is 6.09 Å². The van der Waals surface area contributed by atoms with Gasteiger partial charge in [0.05, 0.1) is 18.6 Å². The Hall–Kier alpha value is -5.08. The average molecular weight is 597 g/mol. The van der Waals surface area contributed by atoms with Gasteiger partial charge in [-0.1, -0.05) is 30.3 Å². The highest BCUT2D eigenvalue weighted by Gasteiger charge is 2.23. The number of nitrogens with one attached hydrogen (secondary N) is 2. The van der Waals surface area contributed by atoms with Gasteiger partial charge in [-0.2, -0.15) is 4.98 Å². The number of aliphatic hydroxyl groups is 1. The van der Waals surface area contributed by atoms with Crippen molar-refractivity contribution in [3.05, 3.63) is 85.2 Å². The van der Waals surface area contributed by atoms with Crippen LogP contribution in [0.2, 0.25) is 0 Å². The minimum atomic E-state index is -4.15. The molecule has 0 aliphatic heterocycles. The van der Waals surface area contributed by atoms with E-state index in [9.17, 15) is 13.2 Å². The van der Waals surface area contributed by atoms with E-state index in [0.717, 1.165) is 6.33 Å². The van der Waals surface area contributed by atoms with Crippen LogP contribution in [0, 0.1) is 0 Å². The molecule has 3 N–H and O–H groups in total. The molecule has 1 heterocycles. The number of hydrogen-bond acceptors (Lipinski definition) is 11. The summed E-state index contributed by atoms with van der Waals surface area (Å²) in [6, 6.07) is 21.1. The predicted octanol–water partition coefficient (Wildman–Crippen LogP) is 4.08. The van der Waals surface area contributed by atoms with Crippen LogP contribution >= 0.6 is 0 Å². The maximum atomic E-state index is 13.2. The number of aromatic nitrogens is 2. The van der Waals surface area contributed by atoms with Crippen LogP contribution in [-0.4, -0.2) is 63.1 Å². The van der Waals surface area contributed by atoms with Gasteiger partial charge in [0, 0.05) is 5.69 Å². The van der Waals surface area contributed by atoms with Crippen LogP contribution in [0.25, 0.3) is 0 Å². The second-order valence-corrected chi connectivity index (χ2v) is 9.92. The van der Waals surface area contributed by atoms with Gasteiger partial charge in [0.15, 0.2) is 17.3 Å². The van der Waals surface area contributed by atoms with Gasteiger partial charge in [-0.15, -0.1) is 0 Å². The normalized spacial score (nSPS) is 10.8. The molecule has 0 bridgehead atoms. The number of carbonyl (C=O) groups excluding carboxylic acids is 1. The van der Waals surface area contributed by atoms with Crippen molar-refractivity contribution < 1.29 is 42.0 Å². The molecule has 0 unspecified atom stereocenters. The third-order valence-electron chi connectivity index (χ3n) is 5.35. The molecule has 14 heteroatoms. The fourth-order valence-corrected chi connectivity index (χ4v) is 4.46. The van der Waals surface area contributed by atoms with Crippen LogP contribution in [0.1, 0.15) is 0 Å². The molecule has 1 amide bonds. The summed E-state index contributed by atoms with van der Waals surface area (Å²) < 4.78 is 56.3. The van der Waals surface area contributed by atoms with E-state index in [-0.39, 0.29) is 54.5 Å². The summed E-state index contributed by atoms with van der Waals surface area (Å²) in [6.45, 7) is -0.395. The van der Waals surface area contributed by atoms with Crippen molar-refractivity contribution in [1.29, 1.82) is 0 Å². The highest BCUT2D eigenvalue weighted by molar-refractivity contribution is 7.92. The number of ether oxygens (including phenoxy) is 5. The molecule has 0 saturated carbocycles. The summed E-state index contributed by atoms with van der Waals surface area (Å²) in [5.41, 5.74) is 0.566. The number of rotatable bonds is 14. The molecule has 0 fully saturated rings. The zero-order valence-electron chi connectivity index (χ0n) is 22.4. The lowest BCUT2D eigenvalue weighted by Gasteiger charge is -2.17. The highest BCUT2D eigenvalue weighted by Crippen LogP contribution is 2.39. The van der Waals surface area contributed by atoms with Gasteiger partial charge in [0.1, 0.15) is 31.9 Å². The molecule has 0 aliphatic rings. The number of methoxy groups -OCH3 is 1. The number of hydrogen-bond donors (Lipinski definition) is 3. The molecule has 220 valence electrons. The van der Waals surface area contributed by atoms with Crippen molar-refractivity contribution >= 4 is 27.6 Å². The van der Waals surface area contributed by atoms with E-state index < -0.39 is 16.1 Å². The molecule has 0 radical (unpaired) electrons. The number of aliphatic hydroxyl groups excluding tert-OH is 1. The van der Waals surface area contributed by atoms with Crippen LogP contribution in [0.3, 0.4) is 0 Å². The number of nitrogens with zero attached hydrogens (tertiary/aromatic N) is 2. The van der Waals surface area contributed by atoms with Crippen LogP contribution in [0.5, 0.6) is 28.9 Å². The quantitative estimate of drug-likeness (QED) is 0.179. The van der Waals surface area contributed by atoms with E-state index in [4.69, 9.17) is 28.8 Å². The molecule has 0 aliphatic carbocycles. The third kappa shape index (κ3) is 8.22. The standard InChI is InChI=1S/C28H28N4O9S/c1-37-23-9-5-6-10-24(23)41-25-26(32-42(35,36)22-13-11-21(12-14-22)38-16-15-33)29-19-30-27(25)39-17-18-40-28(34)31-20-7-3-2-4-8-20/h2-14,19,33H,15-18H2,1H3,(H,31,34)(H,29,30,32). The van der Waals surface area contributed by atoms with E-state index >= 15 is 0 Å². The van der Waals surface area contributed by atoms with Crippen LogP contribution in [0.15, 0.2) is 90.1 Å². The van der Waals surface area contributed by atoms with Gasteiger partial charge < -0.3 is 28.8 Å². The molecule has 42 heavy (non-hydrogen) atoms. The summed E-state index contributed by atoms with van der Waals surface area (Å²) in [5.74, 6) is 0.509. The molecular weight excluding hydrogens is 568 g/mol. The number of sulfonamides is 1. The van der Waals surface area contributed by atoms with E-state index in [0.29, 0.717) is 17.2 Å². The number of para-hydroxylation sites is 3. The van der Waals surface area contributed by atoms with Crippen molar-refractivity contribution in [3.8, 4) is 28.9 Å². The molecule has 1 aromatic heterocycles. The summed E-state index contributed by atoms with van der Waals surface area (Å²) >= 11 is 0. The topological polar surface area (TPSA) is 167 Å². The zero-order chi connectivity index (χ0) is 29.8. The van der Waals surface area contributed by atoms with Gasteiger partial charge in [0.25, 0.3) is 15.9 Å². The van der Waals surface area contributed by atoms with Crippen LogP contribution in [0.4, 0.5) is 16.3 Å². The van der Waals surface area contributed by atoms with Crippen molar-refractivity contribution in [2.75, 3.05) is 43.6 Å². The SMILES string of the molecule is COc1ccccc1Oc1c(NS(=O)(=O)c2ccc(OCCO)cc2)ncnc1OCCOC(=O)Nc1ccccc1. The first-order chi connectivity index (χ1) is 20.4. The molecule has 4 aromatic rings. The largest absolute Gasteiger partial charge is 0.493 e. The number of benzene rings is 3. The van der Waals surface area contributed by atoms with Crippen molar-refractivity contribution in [1.82, 2.24) is 9.97 Å². The molecule has 0 saturated heterocycles. The Balaban J connectivity index is 1.52. The summed E-state index contributed by atoms with van der Waals surface area (Å²) in [7, 11) is -2.70. The first kappa shape index (κ1) is 29.9.